The number of carbonyl (C=O) groups excluding carboxylic acids is 2. The standard InChI is InChI=1S/C19H26ClN3O2/c1-12-16(20)4-3-5-17(12)22-18(24)10-21-19(25)11-23(15-8-9-15)13(2)14-6-7-14/h3-5,13-15H,6-11H2,1-2H3,(H,21,25)(H,22,24). The van der Waals surface area contributed by atoms with E-state index >= 15 is 0 Å². The smallest absolute Gasteiger partial charge is 0.243 e. The average molecular weight is 364 g/mol. The van der Waals surface area contributed by atoms with E-state index in [1.54, 1.807) is 18.2 Å². The Labute approximate surface area is 154 Å². The largest absolute Gasteiger partial charge is 0.346 e. The van der Waals surface area contributed by atoms with Gasteiger partial charge in [0.05, 0.1) is 13.1 Å². The van der Waals surface area contributed by atoms with Crippen molar-refractivity contribution in [2.24, 2.45) is 5.92 Å². The second-order valence-electron chi connectivity index (χ2n) is 7.22. The summed E-state index contributed by atoms with van der Waals surface area (Å²) in [6.07, 6.45) is 4.90. The van der Waals surface area contributed by atoms with Crippen molar-refractivity contribution in [1.29, 1.82) is 0 Å². The second kappa shape index (κ2) is 7.75. The molecule has 2 fully saturated rings. The quantitative estimate of drug-likeness (QED) is 0.746. The molecule has 0 radical (unpaired) electrons. The van der Waals surface area contributed by atoms with Crippen LogP contribution in [0.1, 0.15) is 38.2 Å². The van der Waals surface area contributed by atoms with Gasteiger partial charge in [0.15, 0.2) is 0 Å². The Morgan fingerprint density at radius 1 is 1.24 bits per heavy atom. The summed E-state index contributed by atoms with van der Waals surface area (Å²) < 4.78 is 0. The Bertz CT molecular complexity index is 656. The first-order valence-corrected chi connectivity index (χ1v) is 9.41. The summed E-state index contributed by atoms with van der Waals surface area (Å²) in [4.78, 5) is 26.7. The van der Waals surface area contributed by atoms with E-state index in [4.69, 9.17) is 11.6 Å². The first-order valence-electron chi connectivity index (χ1n) is 9.03. The molecule has 1 unspecified atom stereocenters. The molecule has 3 rings (SSSR count). The third-order valence-electron chi connectivity index (χ3n) is 5.16. The van der Waals surface area contributed by atoms with Crippen molar-refractivity contribution in [3.63, 3.8) is 0 Å². The maximum Gasteiger partial charge on any atom is 0.243 e. The lowest BCUT2D eigenvalue weighted by molar-refractivity contribution is -0.125. The van der Waals surface area contributed by atoms with Crippen molar-refractivity contribution in [2.75, 3.05) is 18.4 Å². The Hall–Kier alpha value is -1.59. The van der Waals surface area contributed by atoms with Crippen molar-refractivity contribution >= 4 is 29.1 Å². The predicted molar refractivity (Wildman–Crippen MR) is 99.7 cm³/mol. The van der Waals surface area contributed by atoms with Crippen LogP contribution >= 0.6 is 11.6 Å². The number of rotatable bonds is 8. The minimum absolute atomic E-state index is 0.0267. The zero-order valence-corrected chi connectivity index (χ0v) is 15.6. The molecule has 2 N–H and O–H groups in total. The van der Waals surface area contributed by atoms with Gasteiger partial charge in [0, 0.05) is 22.8 Å². The van der Waals surface area contributed by atoms with Gasteiger partial charge < -0.3 is 10.6 Å². The van der Waals surface area contributed by atoms with E-state index in [0.29, 0.717) is 29.3 Å². The summed E-state index contributed by atoms with van der Waals surface area (Å²) in [7, 11) is 0. The van der Waals surface area contributed by atoms with E-state index < -0.39 is 0 Å². The SMILES string of the molecule is Cc1c(Cl)cccc1NC(=O)CNC(=O)CN(C1CC1)C(C)C1CC1. The van der Waals surface area contributed by atoms with E-state index in [1.807, 2.05) is 6.92 Å². The van der Waals surface area contributed by atoms with Gasteiger partial charge in [-0.15, -0.1) is 0 Å². The highest BCUT2D eigenvalue weighted by Crippen LogP contribution is 2.39. The van der Waals surface area contributed by atoms with E-state index in [2.05, 4.69) is 22.5 Å². The number of benzene rings is 1. The third kappa shape index (κ3) is 4.95. The summed E-state index contributed by atoms with van der Waals surface area (Å²) in [5.74, 6) is 0.409. The minimum Gasteiger partial charge on any atom is -0.346 e. The number of anilines is 1. The van der Waals surface area contributed by atoms with Crippen molar-refractivity contribution in [3.05, 3.63) is 28.8 Å². The van der Waals surface area contributed by atoms with Gasteiger partial charge in [-0.3, -0.25) is 14.5 Å². The first-order chi connectivity index (χ1) is 12.0. The molecule has 0 aliphatic heterocycles. The molecular formula is C19H26ClN3O2. The lowest BCUT2D eigenvalue weighted by atomic mass is 10.1. The van der Waals surface area contributed by atoms with Gasteiger partial charge in [-0.25, -0.2) is 0 Å². The third-order valence-corrected chi connectivity index (χ3v) is 5.57. The molecule has 0 heterocycles. The normalized spacial score (nSPS) is 18.1. The van der Waals surface area contributed by atoms with Crippen LogP contribution in [0.5, 0.6) is 0 Å². The number of nitrogens with one attached hydrogen (secondary N) is 2. The Kier molecular flexibility index (Phi) is 5.64. The summed E-state index contributed by atoms with van der Waals surface area (Å²) >= 11 is 6.05. The molecular weight excluding hydrogens is 338 g/mol. The van der Waals surface area contributed by atoms with Gasteiger partial charge in [-0.1, -0.05) is 17.7 Å². The predicted octanol–water partition coefficient (Wildman–Crippen LogP) is 2.97. The fraction of sp³-hybridized carbons (Fsp3) is 0.579. The van der Waals surface area contributed by atoms with Crippen LogP contribution in [0.4, 0.5) is 5.69 Å². The van der Waals surface area contributed by atoms with E-state index in [9.17, 15) is 9.59 Å². The highest BCUT2D eigenvalue weighted by molar-refractivity contribution is 6.31. The van der Waals surface area contributed by atoms with Gasteiger partial charge in [-0.05, 0) is 63.1 Å². The van der Waals surface area contributed by atoms with Gasteiger partial charge in [0.1, 0.15) is 0 Å². The van der Waals surface area contributed by atoms with Crippen LogP contribution in [0.15, 0.2) is 18.2 Å². The van der Waals surface area contributed by atoms with Crippen molar-refractivity contribution in [2.45, 2.75) is 51.6 Å². The summed E-state index contributed by atoms with van der Waals surface area (Å²) in [6, 6.07) is 6.37. The van der Waals surface area contributed by atoms with E-state index in [1.165, 1.54) is 25.7 Å². The average Bonchev–Trinajstić information content (AvgIpc) is 3.47. The first kappa shape index (κ1) is 18.2. The summed E-state index contributed by atoms with van der Waals surface area (Å²) in [5.41, 5.74) is 1.50. The highest BCUT2D eigenvalue weighted by atomic mass is 35.5. The molecule has 2 amide bonds. The molecule has 6 heteroatoms. The van der Waals surface area contributed by atoms with E-state index in [0.717, 1.165) is 11.5 Å². The van der Waals surface area contributed by atoms with Crippen molar-refractivity contribution < 1.29 is 9.59 Å². The molecule has 0 spiro atoms. The lowest BCUT2D eigenvalue weighted by Crippen LogP contribution is -2.45. The van der Waals surface area contributed by atoms with Crippen LogP contribution in [0.3, 0.4) is 0 Å². The lowest BCUT2D eigenvalue weighted by Gasteiger charge is -2.28. The van der Waals surface area contributed by atoms with Crippen LogP contribution in [-0.2, 0) is 9.59 Å². The summed E-state index contributed by atoms with van der Waals surface area (Å²) in [5, 5.41) is 6.14. The topological polar surface area (TPSA) is 61.4 Å². The number of amides is 2. The maximum atomic E-state index is 12.3. The molecule has 1 atom stereocenters. The van der Waals surface area contributed by atoms with Crippen LogP contribution in [0.2, 0.25) is 5.02 Å². The zero-order valence-electron chi connectivity index (χ0n) is 14.8. The molecule has 0 saturated heterocycles. The molecule has 2 saturated carbocycles. The van der Waals surface area contributed by atoms with Gasteiger partial charge >= 0.3 is 0 Å². The molecule has 2 aliphatic carbocycles. The van der Waals surface area contributed by atoms with Gasteiger partial charge in [0.2, 0.25) is 11.8 Å². The molecule has 1 aromatic carbocycles. The molecule has 136 valence electrons. The molecule has 25 heavy (non-hydrogen) atoms. The Balaban J connectivity index is 1.46. The van der Waals surface area contributed by atoms with Crippen LogP contribution in [0.25, 0.3) is 0 Å². The van der Waals surface area contributed by atoms with Gasteiger partial charge in [-0.2, -0.15) is 0 Å². The van der Waals surface area contributed by atoms with Crippen molar-refractivity contribution in [3.8, 4) is 0 Å². The van der Waals surface area contributed by atoms with E-state index in [-0.39, 0.29) is 18.4 Å². The Morgan fingerprint density at radius 2 is 1.96 bits per heavy atom. The Morgan fingerprint density at radius 3 is 2.60 bits per heavy atom. The maximum absolute atomic E-state index is 12.3. The molecule has 2 aliphatic rings. The zero-order chi connectivity index (χ0) is 18.0. The molecule has 0 aromatic heterocycles. The molecule has 0 bridgehead atoms. The molecule has 1 aromatic rings. The number of nitrogens with zero attached hydrogens (tertiary/aromatic N) is 1. The van der Waals surface area contributed by atoms with Crippen LogP contribution < -0.4 is 10.6 Å². The number of hydrogen-bond acceptors (Lipinski definition) is 3. The van der Waals surface area contributed by atoms with Crippen LogP contribution in [0, 0.1) is 12.8 Å². The number of halogens is 1. The minimum atomic E-state index is -0.244. The summed E-state index contributed by atoms with van der Waals surface area (Å²) in [6.45, 7) is 4.42. The van der Waals surface area contributed by atoms with Crippen LogP contribution in [-0.4, -0.2) is 41.9 Å². The van der Waals surface area contributed by atoms with Crippen molar-refractivity contribution in [1.82, 2.24) is 10.2 Å². The fourth-order valence-corrected chi connectivity index (χ4v) is 3.37. The molecule has 5 nitrogen and oxygen atoms in total. The van der Waals surface area contributed by atoms with Gasteiger partial charge in [0.25, 0.3) is 0 Å². The fourth-order valence-electron chi connectivity index (χ4n) is 3.20. The monoisotopic (exact) mass is 363 g/mol. The number of carbonyl (C=O) groups is 2. The second-order valence-corrected chi connectivity index (χ2v) is 7.63. The highest BCUT2D eigenvalue weighted by Gasteiger charge is 2.39. The number of hydrogen-bond donors (Lipinski definition) is 2.